The first kappa shape index (κ1) is 54.6. The standard InChI is InChI=1S/C22H23Cl2N5O4.C15H16Cl2N2O2.C6H8N2O3/c1-5-33-22(31)27-20(30)19(10-25)29-28-14-8-17(23)16(18(24)9-14)7-13-6-15(12(2)3)21(32-4)26-11-13;1-8(2)11-6-10(7-19-15(11)20-3)21-14-12(16)4-9(18)5-13(14)17;1-2-11-6(10)8-5(9)3-4-7/h6,8-9,11-12,28H,5,7H2,1-4H3,(H,27,30,31);4-8H,18H2,1-3H3;2-3H2,1H3,(H,8,9,10)/b29-19-;;. The van der Waals surface area contributed by atoms with Crippen molar-refractivity contribution in [2.24, 2.45) is 5.10 Å². The van der Waals surface area contributed by atoms with Crippen LogP contribution in [-0.2, 0) is 25.5 Å². The van der Waals surface area contributed by atoms with Crippen LogP contribution in [0.5, 0.6) is 23.3 Å². The Bertz CT molecular complexity index is 2390. The molecule has 2 aromatic carbocycles. The lowest BCUT2D eigenvalue weighted by Crippen LogP contribution is -2.36. The quantitative estimate of drug-likeness (QED) is 0.0520. The number of nitrogens with one attached hydrogen (secondary N) is 3. The molecule has 4 rings (SSSR count). The van der Waals surface area contributed by atoms with Crippen molar-refractivity contribution in [3.63, 3.8) is 0 Å². The molecule has 4 aromatic rings. The number of imide groups is 2. The van der Waals surface area contributed by atoms with Gasteiger partial charge in [-0.3, -0.25) is 25.6 Å². The molecule has 0 spiro atoms. The number of rotatable bonds is 14. The minimum atomic E-state index is -1.01. The van der Waals surface area contributed by atoms with Crippen LogP contribution in [0.3, 0.4) is 0 Å². The molecule has 0 saturated carbocycles. The Kier molecular flexibility index (Phi) is 23.2. The summed E-state index contributed by atoms with van der Waals surface area (Å²) in [5, 5.41) is 26.0. The smallest absolute Gasteiger partial charge is 0.414 e. The number of nitriles is 2. The maximum Gasteiger partial charge on any atom is 0.414 e. The molecule has 22 heteroatoms. The predicted octanol–water partition coefficient (Wildman–Crippen LogP) is 9.74. The maximum absolute atomic E-state index is 11.9. The van der Waals surface area contributed by atoms with E-state index in [1.807, 2.05) is 50.5 Å². The maximum atomic E-state index is 11.9. The van der Waals surface area contributed by atoms with Gasteiger partial charge in [-0.05, 0) is 73.2 Å². The van der Waals surface area contributed by atoms with E-state index in [0.29, 0.717) is 66.7 Å². The van der Waals surface area contributed by atoms with Gasteiger partial charge in [0.2, 0.25) is 23.4 Å². The van der Waals surface area contributed by atoms with E-state index in [1.54, 1.807) is 76.9 Å². The molecule has 0 atom stereocenters. The molecule has 0 unspecified atom stereocenters. The first-order valence-corrected chi connectivity index (χ1v) is 20.9. The number of hydrogen-bond acceptors (Lipinski definition) is 16. The van der Waals surface area contributed by atoms with Gasteiger partial charge in [-0.2, -0.15) is 15.6 Å². The molecule has 0 radical (unpaired) electrons. The predicted molar refractivity (Wildman–Crippen MR) is 247 cm³/mol. The third-order valence-electron chi connectivity index (χ3n) is 8.05. The van der Waals surface area contributed by atoms with E-state index in [1.165, 1.54) is 0 Å². The summed E-state index contributed by atoms with van der Waals surface area (Å²) in [6, 6.07) is 13.4. The van der Waals surface area contributed by atoms with Crippen LogP contribution < -0.4 is 36.0 Å². The van der Waals surface area contributed by atoms with Crippen molar-refractivity contribution in [1.29, 1.82) is 10.5 Å². The summed E-state index contributed by atoms with van der Waals surface area (Å²) in [6.07, 6.45) is 1.58. The molecule has 5 N–H and O–H groups in total. The number of nitrogens with two attached hydrogens (primary N) is 1. The summed E-state index contributed by atoms with van der Waals surface area (Å²) < 4.78 is 25.3. The topological polar surface area (TPSA) is 262 Å². The van der Waals surface area contributed by atoms with Crippen LogP contribution in [0.2, 0.25) is 20.1 Å². The number of ether oxygens (including phenoxy) is 5. The number of alkyl carbamates (subject to hydrolysis) is 2. The van der Waals surface area contributed by atoms with Gasteiger partial charge in [0.25, 0.3) is 5.91 Å². The van der Waals surface area contributed by atoms with Gasteiger partial charge < -0.3 is 29.4 Å². The highest BCUT2D eigenvalue weighted by Crippen LogP contribution is 2.39. The van der Waals surface area contributed by atoms with E-state index >= 15 is 0 Å². The molecule has 2 heterocycles. The summed E-state index contributed by atoms with van der Waals surface area (Å²) in [5.41, 5.74) is 12.0. The Morgan fingerprint density at radius 2 is 1.29 bits per heavy atom. The highest BCUT2D eigenvalue weighted by molar-refractivity contribution is 6.47. The van der Waals surface area contributed by atoms with Crippen molar-refractivity contribution in [1.82, 2.24) is 20.6 Å². The van der Waals surface area contributed by atoms with Crippen LogP contribution in [-0.4, -0.2) is 67.1 Å². The number of carbonyl (C=O) groups is 4. The zero-order valence-corrected chi connectivity index (χ0v) is 39.6. The number of hydrazone groups is 1. The number of carbonyl (C=O) groups excluding carboxylic acids is 4. The minimum Gasteiger partial charge on any atom is -0.481 e. The van der Waals surface area contributed by atoms with E-state index in [9.17, 15) is 19.2 Å². The molecule has 4 amide bonds. The van der Waals surface area contributed by atoms with Crippen molar-refractivity contribution in [2.45, 2.75) is 66.2 Å². The lowest BCUT2D eigenvalue weighted by molar-refractivity contribution is -0.119. The Hall–Kier alpha value is -6.57. The van der Waals surface area contributed by atoms with Gasteiger partial charge in [0.05, 0.1) is 55.4 Å². The van der Waals surface area contributed by atoms with E-state index in [4.69, 9.17) is 76.9 Å². The number of nitrogen functional groups attached to an aromatic ring is 1. The molecule has 0 aliphatic heterocycles. The number of nitrogens with zero attached hydrogens (tertiary/aromatic N) is 5. The molecule has 0 aliphatic rings. The molecule has 65 heavy (non-hydrogen) atoms. The number of anilines is 2. The molecule has 0 aliphatic carbocycles. The summed E-state index contributed by atoms with van der Waals surface area (Å²) in [4.78, 5) is 52.8. The fourth-order valence-corrected chi connectivity index (χ4v) is 6.28. The number of methoxy groups -OCH3 is 2. The molecule has 0 saturated heterocycles. The second-order valence-electron chi connectivity index (χ2n) is 13.5. The van der Waals surface area contributed by atoms with Crippen molar-refractivity contribution < 1.29 is 42.9 Å². The van der Waals surface area contributed by atoms with Crippen LogP contribution >= 0.6 is 46.4 Å². The Labute approximate surface area is 396 Å². The molecular weight excluding hydrogens is 928 g/mol. The van der Waals surface area contributed by atoms with Crippen molar-refractivity contribution in [3.8, 4) is 35.4 Å². The summed E-state index contributed by atoms with van der Waals surface area (Å²) >= 11 is 25.1. The minimum absolute atomic E-state index is 0.0745. The summed E-state index contributed by atoms with van der Waals surface area (Å²) in [6.45, 7) is 11.7. The van der Waals surface area contributed by atoms with E-state index < -0.39 is 29.7 Å². The second-order valence-corrected chi connectivity index (χ2v) is 15.1. The Morgan fingerprint density at radius 3 is 1.78 bits per heavy atom. The normalized spacial score (nSPS) is 10.4. The molecule has 0 bridgehead atoms. The third-order valence-corrected chi connectivity index (χ3v) is 9.28. The Morgan fingerprint density at radius 1 is 0.769 bits per heavy atom. The third kappa shape index (κ3) is 17.8. The van der Waals surface area contributed by atoms with Crippen LogP contribution in [0.1, 0.15) is 82.1 Å². The molecular formula is C43H47Cl4N9O9. The van der Waals surface area contributed by atoms with Crippen LogP contribution in [0.25, 0.3) is 0 Å². The van der Waals surface area contributed by atoms with Gasteiger partial charge >= 0.3 is 12.2 Å². The van der Waals surface area contributed by atoms with Gasteiger partial charge in [-0.1, -0.05) is 74.1 Å². The number of amides is 4. The van der Waals surface area contributed by atoms with Crippen molar-refractivity contribution >= 4 is 87.5 Å². The lowest BCUT2D eigenvalue weighted by atomic mass is 9.99. The second kappa shape index (κ2) is 27.6. The van der Waals surface area contributed by atoms with E-state index in [0.717, 1.165) is 16.7 Å². The van der Waals surface area contributed by atoms with Crippen LogP contribution in [0, 0.1) is 22.7 Å². The summed E-state index contributed by atoms with van der Waals surface area (Å²) in [5.74, 6) is 0.848. The van der Waals surface area contributed by atoms with Gasteiger partial charge in [0.1, 0.15) is 18.2 Å². The summed E-state index contributed by atoms with van der Waals surface area (Å²) in [7, 11) is 3.16. The largest absolute Gasteiger partial charge is 0.481 e. The number of hydrogen-bond donors (Lipinski definition) is 4. The van der Waals surface area contributed by atoms with Crippen molar-refractivity contribution in [2.75, 3.05) is 38.6 Å². The number of halogens is 4. The average molecular weight is 976 g/mol. The molecule has 346 valence electrons. The average Bonchev–Trinajstić information content (AvgIpc) is 3.24. The highest BCUT2D eigenvalue weighted by Gasteiger charge is 2.18. The molecule has 18 nitrogen and oxygen atoms in total. The van der Waals surface area contributed by atoms with E-state index in [-0.39, 0.29) is 31.5 Å². The fourth-order valence-electron chi connectivity index (χ4n) is 5.08. The number of pyridine rings is 2. The molecule has 2 aromatic heterocycles. The number of benzene rings is 2. The van der Waals surface area contributed by atoms with Gasteiger partial charge in [0.15, 0.2) is 5.75 Å². The zero-order chi connectivity index (χ0) is 48.8. The first-order chi connectivity index (χ1) is 30.8. The van der Waals surface area contributed by atoms with Crippen LogP contribution in [0.4, 0.5) is 21.0 Å². The number of aromatic nitrogens is 2. The van der Waals surface area contributed by atoms with Gasteiger partial charge in [-0.25, -0.2) is 19.6 Å². The first-order valence-electron chi connectivity index (χ1n) is 19.3. The lowest BCUT2D eigenvalue weighted by Gasteiger charge is -2.14. The highest BCUT2D eigenvalue weighted by atomic mass is 35.5. The zero-order valence-electron chi connectivity index (χ0n) is 36.6. The fraction of sp³-hybridized carbons (Fsp3) is 0.326. The molecule has 0 fully saturated rings. The van der Waals surface area contributed by atoms with E-state index in [2.05, 4.69) is 30.0 Å². The van der Waals surface area contributed by atoms with Gasteiger partial charge in [-0.15, -0.1) is 0 Å². The van der Waals surface area contributed by atoms with Crippen molar-refractivity contribution in [3.05, 3.63) is 91.1 Å². The monoisotopic (exact) mass is 973 g/mol. The van der Waals surface area contributed by atoms with Gasteiger partial charge in [0, 0.05) is 39.5 Å². The Balaban J connectivity index is 0.000000384. The van der Waals surface area contributed by atoms with Crippen LogP contribution in [0.15, 0.2) is 53.9 Å². The SMILES string of the molecule is CCOC(=O)NC(=O)/C(C#N)=N\Nc1cc(Cl)c(Cc2cnc(OC)c(C(C)C)c2)c(Cl)c1.CCOC(=O)NC(=O)CC#N.COc1ncc(Oc2c(Cl)cc(N)cc2Cl)cc1C(C)C.